The van der Waals surface area contributed by atoms with Gasteiger partial charge in [-0.05, 0) is 36.5 Å². The van der Waals surface area contributed by atoms with Gasteiger partial charge >= 0.3 is 0 Å². The average Bonchev–Trinajstić information content (AvgIpc) is 2.45. The van der Waals surface area contributed by atoms with Crippen molar-refractivity contribution in [3.63, 3.8) is 0 Å². The molecule has 1 rings (SSSR count). The molecule has 0 unspecified atom stereocenters. The molecule has 20 heavy (non-hydrogen) atoms. The lowest BCUT2D eigenvalue weighted by Crippen LogP contribution is -2.46. The first kappa shape index (κ1) is 16.7. The maximum absolute atomic E-state index is 12.4. The van der Waals surface area contributed by atoms with Crippen molar-refractivity contribution in [2.45, 2.75) is 56.9 Å². The lowest BCUT2D eigenvalue weighted by Gasteiger charge is -2.26. The van der Waals surface area contributed by atoms with Crippen molar-refractivity contribution in [2.75, 3.05) is 0 Å². The molecule has 1 N–H and O–H groups in total. The van der Waals surface area contributed by atoms with E-state index in [1.54, 1.807) is 12.1 Å². The number of hydrogen-bond donors (Lipinski definition) is 1. The van der Waals surface area contributed by atoms with Crippen LogP contribution < -0.4 is 4.72 Å². The third-order valence-corrected chi connectivity index (χ3v) is 5.22. The second kappa shape index (κ2) is 6.43. The quantitative estimate of drug-likeness (QED) is 0.818. The number of sulfonamides is 1. The molecular formula is C16H23NO2S. The predicted molar refractivity (Wildman–Crippen MR) is 83.0 cm³/mol. The molecule has 0 atom stereocenters. The van der Waals surface area contributed by atoms with Crippen molar-refractivity contribution in [3.05, 3.63) is 29.8 Å². The van der Waals surface area contributed by atoms with Gasteiger partial charge in [0.2, 0.25) is 10.0 Å². The van der Waals surface area contributed by atoms with Crippen molar-refractivity contribution in [1.29, 1.82) is 0 Å². The Morgan fingerprint density at radius 2 is 1.70 bits per heavy atom. The minimum absolute atomic E-state index is 0.253. The van der Waals surface area contributed by atoms with Gasteiger partial charge in [0, 0.05) is 0 Å². The highest BCUT2D eigenvalue weighted by molar-refractivity contribution is 7.89. The molecule has 0 fully saturated rings. The number of hydrogen-bond acceptors (Lipinski definition) is 2. The van der Waals surface area contributed by atoms with E-state index in [4.69, 9.17) is 6.42 Å². The first-order valence-electron chi connectivity index (χ1n) is 6.92. The van der Waals surface area contributed by atoms with E-state index in [1.165, 1.54) is 0 Å². The first-order chi connectivity index (χ1) is 9.30. The maximum atomic E-state index is 12.4. The predicted octanol–water partition coefficient (Wildman–Crippen LogP) is 3.28. The fourth-order valence-electron chi connectivity index (χ4n) is 1.98. The van der Waals surface area contributed by atoms with Gasteiger partial charge in [0.25, 0.3) is 0 Å². The minimum Gasteiger partial charge on any atom is -0.207 e. The summed E-state index contributed by atoms with van der Waals surface area (Å²) in [5.41, 5.74) is 0.299. The molecule has 1 aromatic carbocycles. The van der Waals surface area contributed by atoms with Crippen LogP contribution in [0, 0.1) is 12.3 Å². The first-order valence-corrected chi connectivity index (χ1v) is 8.40. The van der Waals surface area contributed by atoms with Crippen LogP contribution in [0.4, 0.5) is 0 Å². The molecule has 0 amide bonds. The van der Waals surface area contributed by atoms with Gasteiger partial charge in [-0.25, -0.2) is 8.42 Å². The molecule has 0 spiro atoms. The van der Waals surface area contributed by atoms with Crippen molar-refractivity contribution in [2.24, 2.45) is 0 Å². The Morgan fingerprint density at radius 3 is 2.05 bits per heavy atom. The average molecular weight is 293 g/mol. The summed E-state index contributed by atoms with van der Waals surface area (Å²) in [6.07, 6.45) is 6.62. The van der Waals surface area contributed by atoms with E-state index in [0.29, 0.717) is 18.8 Å². The SMILES string of the molecule is C#CC(CC)(CC)NS(=O)(=O)c1ccc(C(C)C)cc1. The number of rotatable bonds is 6. The zero-order valence-electron chi connectivity index (χ0n) is 12.6. The highest BCUT2D eigenvalue weighted by Gasteiger charge is 2.30. The molecule has 3 nitrogen and oxygen atoms in total. The molecule has 0 heterocycles. The van der Waals surface area contributed by atoms with Crippen LogP contribution >= 0.6 is 0 Å². The monoisotopic (exact) mass is 293 g/mol. The van der Waals surface area contributed by atoms with Crippen LogP contribution in [0.15, 0.2) is 29.2 Å². The van der Waals surface area contributed by atoms with E-state index < -0.39 is 15.6 Å². The fourth-order valence-corrected chi connectivity index (χ4v) is 3.45. The highest BCUT2D eigenvalue weighted by Crippen LogP contribution is 2.21. The summed E-state index contributed by atoms with van der Waals surface area (Å²) in [6.45, 7) is 7.90. The zero-order valence-corrected chi connectivity index (χ0v) is 13.4. The fraction of sp³-hybridized carbons (Fsp3) is 0.500. The summed E-state index contributed by atoms with van der Waals surface area (Å²) < 4.78 is 27.5. The van der Waals surface area contributed by atoms with E-state index in [1.807, 2.05) is 26.0 Å². The molecule has 0 aliphatic carbocycles. The largest absolute Gasteiger partial charge is 0.241 e. The molecule has 0 saturated heterocycles. The molecule has 4 heteroatoms. The summed E-state index contributed by atoms with van der Waals surface area (Å²) in [4.78, 5) is 0.253. The van der Waals surface area contributed by atoms with Gasteiger partial charge in [0.15, 0.2) is 0 Å². The molecule has 1 aromatic rings. The minimum atomic E-state index is -3.59. The standard InChI is InChI=1S/C16H23NO2S/c1-6-16(7-2,8-3)17-20(18,19)15-11-9-14(10-12-15)13(4)5/h1,9-13,17H,7-8H2,2-5H3. The van der Waals surface area contributed by atoms with Crippen LogP contribution in [0.2, 0.25) is 0 Å². The molecule has 110 valence electrons. The van der Waals surface area contributed by atoms with Gasteiger partial charge in [0.1, 0.15) is 0 Å². The van der Waals surface area contributed by atoms with E-state index in [9.17, 15) is 8.42 Å². The smallest absolute Gasteiger partial charge is 0.207 e. The van der Waals surface area contributed by atoms with E-state index in [-0.39, 0.29) is 4.90 Å². The van der Waals surface area contributed by atoms with Crippen LogP contribution in [-0.2, 0) is 10.0 Å². The topological polar surface area (TPSA) is 46.2 Å². The Bertz CT molecular complexity index is 576. The molecule has 0 bridgehead atoms. The summed E-state index contributed by atoms with van der Waals surface area (Å²) in [6, 6.07) is 6.94. The lowest BCUT2D eigenvalue weighted by atomic mass is 9.96. The van der Waals surface area contributed by atoms with Crippen molar-refractivity contribution < 1.29 is 8.42 Å². The molecule has 0 aromatic heterocycles. The van der Waals surface area contributed by atoms with Gasteiger partial charge < -0.3 is 0 Å². The Hall–Kier alpha value is -1.31. The second-order valence-electron chi connectivity index (χ2n) is 5.26. The maximum Gasteiger partial charge on any atom is 0.241 e. The Kier molecular flexibility index (Phi) is 5.38. The van der Waals surface area contributed by atoms with Crippen LogP contribution in [0.5, 0.6) is 0 Å². The molecule has 0 aliphatic heterocycles. The third-order valence-electron chi connectivity index (χ3n) is 3.67. The lowest BCUT2D eigenvalue weighted by molar-refractivity contribution is 0.451. The molecule has 0 radical (unpaired) electrons. The van der Waals surface area contributed by atoms with E-state index >= 15 is 0 Å². The highest BCUT2D eigenvalue weighted by atomic mass is 32.2. The van der Waals surface area contributed by atoms with Gasteiger partial charge in [-0.15, -0.1) is 6.42 Å². The second-order valence-corrected chi connectivity index (χ2v) is 6.95. The normalized spacial score (nSPS) is 12.4. The van der Waals surface area contributed by atoms with Crippen molar-refractivity contribution in [3.8, 4) is 12.3 Å². The molecule has 0 aliphatic rings. The van der Waals surface area contributed by atoms with E-state index in [0.717, 1.165) is 5.56 Å². The van der Waals surface area contributed by atoms with Gasteiger partial charge in [-0.3, -0.25) is 0 Å². The van der Waals surface area contributed by atoms with Crippen molar-refractivity contribution >= 4 is 10.0 Å². The number of nitrogens with one attached hydrogen (secondary N) is 1. The van der Waals surface area contributed by atoms with Crippen LogP contribution in [0.25, 0.3) is 0 Å². The van der Waals surface area contributed by atoms with Gasteiger partial charge in [-0.1, -0.05) is 45.7 Å². The Labute approximate surface area is 122 Å². The van der Waals surface area contributed by atoms with Crippen LogP contribution in [-0.4, -0.2) is 14.0 Å². The number of benzene rings is 1. The van der Waals surface area contributed by atoms with Gasteiger partial charge in [0.05, 0.1) is 10.4 Å². The zero-order chi connectivity index (χ0) is 15.4. The third kappa shape index (κ3) is 3.62. The summed E-state index contributed by atoms with van der Waals surface area (Å²) in [5, 5.41) is 0. The van der Waals surface area contributed by atoms with Gasteiger partial charge in [-0.2, -0.15) is 4.72 Å². The molecule has 0 saturated carbocycles. The summed E-state index contributed by atoms with van der Waals surface area (Å²) in [5.74, 6) is 2.95. The van der Waals surface area contributed by atoms with Crippen LogP contribution in [0.3, 0.4) is 0 Å². The number of terminal acetylenes is 1. The van der Waals surface area contributed by atoms with E-state index in [2.05, 4.69) is 24.5 Å². The van der Waals surface area contributed by atoms with Crippen molar-refractivity contribution in [1.82, 2.24) is 4.72 Å². The Balaban J connectivity index is 3.08. The summed E-state index contributed by atoms with van der Waals surface area (Å²) >= 11 is 0. The van der Waals surface area contributed by atoms with Crippen LogP contribution in [0.1, 0.15) is 52.0 Å². The summed E-state index contributed by atoms with van der Waals surface area (Å²) in [7, 11) is -3.59. The Morgan fingerprint density at radius 1 is 1.20 bits per heavy atom. The molecular weight excluding hydrogens is 270 g/mol.